The monoisotopic (exact) mass is 473 g/mol. The van der Waals surface area contributed by atoms with E-state index in [1.165, 1.54) is 0 Å². The standard InChI is InChI=1S/C22H47N7O4/c23-11-5-2-1-3-8-14-27-16-21(31)29(15-9-7-13-25)17-20(30)28-19(10-4-6-12-24)18-33-22(26)32/h19,27H,1-18,23-25H2,(H2,26,32)(H,28,30). The molecule has 0 saturated carbocycles. The second-order valence-electron chi connectivity index (χ2n) is 8.22. The summed E-state index contributed by atoms with van der Waals surface area (Å²) in [5.74, 6) is -0.430. The topological polar surface area (TPSA) is 192 Å². The highest BCUT2D eigenvalue weighted by Gasteiger charge is 2.19. The number of primary amides is 1. The Labute approximate surface area is 198 Å². The van der Waals surface area contributed by atoms with Gasteiger partial charge in [0.05, 0.1) is 19.1 Å². The first kappa shape index (κ1) is 31.0. The highest BCUT2D eigenvalue weighted by Crippen LogP contribution is 2.03. The van der Waals surface area contributed by atoms with E-state index in [-0.39, 0.29) is 37.6 Å². The maximum Gasteiger partial charge on any atom is 0.404 e. The predicted octanol–water partition coefficient (Wildman–Crippen LogP) is -0.238. The van der Waals surface area contributed by atoms with Gasteiger partial charge in [0.15, 0.2) is 0 Å². The van der Waals surface area contributed by atoms with E-state index >= 15 is 0 Å². The molecule has 0 radical (unpaired) electrons. The quantitative estimate of drug-likeness (QED) is 0.116. The number of hydrogen-bond acceptors (Lipinski definition) is 8. The molecule has 11 heteroatoms. The van der Waals surface area contributed by atoms with Crippen LogP contribution in [-0.2, 0) is 14.3 Å². The number of unbranched alkanes of at least 4 members (excludes halogenated alkanes) is 6. The molecule has 194 valence electrons. The van der Waals surface area contributed by atoms with Crippen LogP contribution in [0.25, 0.3) is 0 Å². The van der Waals surface area contributed by atoms with Crippen molar-refractivity contribution < 1.29 is 19.1 Å². The van der Waals surface area contributed by atoms with Gasteiger partial charge in [0.2, 0.25) is 11.8 Å². The van der Waals surface area contributed by atoms with E-state index in [2.05, 4.69) is 10.6 Å². The average Bonchev–Trinajstić information content (AvgIpc) is 2.78. The third-order valence-electron chi connectivity index (χ3n) is 5.20. The molecule has 0 heterocycles. The second-order valence-corrected chi connectivity index (χ2v) is 8.22. The molecular formula is C22H47N7O4. The molecule has 0 aromatic carbocycles. The Hall–Kier alpha value is -1.95. The maximum atomic E-state index is 12.7. The molecule has 0 aromatic rings. The molecule has 10 N–H and O–H groups in total. The van der Waals surface area contributed by atoms with Crippen molar-refractivity contribution >= 4 is 17.9 Å². The second kappa shape index (κ2) is 21.9. The number of amides is 3. The van der Waals surface area contributed by atoms with Gasteiger partial charge in [0.1, 0.15) is 6.61 Å². The molecule has 0 spiro atoms. The number of hydrogen-bond donors (Lipinski definition) is 6. The Kier molecular flexibility index (Phi) is 20.6. The molecule has 0 aliphatic rings. The first-order valence-corrected chi connectivity index (χ1v) is 12.2. The van der Waals surface area contributed by atoms with Crippen LogP contribution in [-0.4, -0.2) is 81.3 Å². The van der Waals surface area contributed by atoms with E-state index in [4.69, 9.17) is 27.7 Å². The zero-order chi connectivity index (χ0) is 24.7. The number of carbonyl (C=O) groups is 3. The third-order valence-corrected chi connectivity index (χ3v) is 5.20. The first-order chi connectivity index (χ1) is 15.9. The molecule has 1 atom stereocenters. The maximum absolute atomic E-state index is 12.7. The van der Waals surface area contributed by atoms with Crippen molar-refractivity contribution in [2.75, 3.05) is 52.4 Å². The van der Waals surface area contributed by atoms with Crippen LogP contribution in [0.15, 0.2) is 0 Å². The number of carbonyl (C=O) groups excluding carboxylic acids is 3. The first-order valence-electron chi connectivity index (χ1n) is 12.2. The Balaban J connectivity index is 4.58. The molecule has 11 nitrogen and oxygen atoms in total. The van der Waals surface area contributed by atoms with Crippen molar-refractivity contribution in [2.45, 2.75) is 70.3 Å². The highest BCUT2D eigenvalue weighted by molar-refractivity contribution is 5.85. The number of nitrogens with two attached hydrogens (primary N) is 4. The normalized spacial score (nSPS) is 11.7. The summed E-state index contributed by atoms with van der Waals surface area (Å²) in [6, 6.07) is -0.380. The van der Waals surface area contributed by atoms with Crippen LogP contribution < -0.4 is 33.6 Å². The summed E-state index contributed by atoms with van der Waals surface area (Å²) in [6.07, 6.45) is 8.21. The molecule has 1 unspecified atom stereocenters. The number of nitrogens with one attached hydrogen (secondary N) is 2. The summed E-state index contributed by atoms with van der Waals surface area (Å²) in [4.78, 5) is 37.8. The molecule has 33 heavy (non-hydrogen) atoms. The minimum absolute atomic E-state index is 0.0143. The molecule has 0 aliphatic heterocycles. The van der Waals surface area contributed by atoms with Gasteiger partial charge in [0, 0.05) is 6.54 Å². The van der Waals surface area contributed by atoms with E-state index in [9.17, 15) is 14.4 Å². The molecule has 3 amide bonds. The van der Waals surface area contributed by atoms with Crippen LogP contribution in [0.2, 0.25) is 0 Å². The van der Waals surface area contributed by atoms with E-state index in [0.29, 0.717) is 26.1 Å². The number of rotatable bonds is 22. The Morgan fingerprint density at radius 1 is 0.818 bits per heavy atom. The summed E-state index contributed by atoms with van der Waals surface area (Å²) < 4.78 is 4.86. The highest BCUT2D eigenvalue weighted by atomic mass is 16.5. The lowest BCUT2D eigenvalue weighted by atomic mass is 10.1. The summed E-state index contributed by atoms with van der Waals surface area (Å²) in [6.45, 7) is 3.13. The van der Waals surface area contributed by atoms with Gasteiger partial charge < -0.3 is 43.2 Å². The zero-order valence-corrected chi connectivity index (χ0v) is 20.2. The van der Waals surface area contributed by atoms with Gasteiger partial charge in [-0.2, -0.15) is 0 Å². The average molecular weight is 474 g/mol. The van der Waals surface area contributed by atoms with Crippen LogP contribution in [0.5, 0.6) is 0 Å². The van der Waals surface area contributed by atoms with Gasteiger partial charge in [0.25, 0.3) is 0 Å². The number of nitrogens with zero attached hydrogens (tertiary/aromatic N) is 1. The Morgan fingerprint density at radius 3 is 2.09 bits per heavy atom. The Morgan fingerprint density at radius 2 is 1.42 bits per heavy atom. The van der Waals surface area contributed by atoms with Crippen molar-refractivity contribution in [1.29, 1.82) is 0 Å². The Bertz CT molecular complexity index is 523. The van der Waals surface area contributed by atoms with Crippen molar-refractivity contribution in [2.24, 2.45) is 22.9 Å². The molecular weight excluding hydrogens is 426 g/mol. The van der Waals surface area contributed by atoms with Crippen molar-refractivity contribution in [3.8, 4) is 0 Å². The van der Waals surface area contributed by atoms with Crippen LogP contribution in [0.1, 0.15) is 64.2 Å². The molecule has 0 fully saturated rings. The summed E-state index contributed by atoms with van der Waals surface area (Å²) in [5, 5.41) is 6.02. The molecule has 0 bridgehead atoms. The van der Waals surface area contributed by atoms with Gasteiger partial charge in [-0.1, -0.05) is 25.7 Å². The smallest absolute Gasteiger partial charge is 0.404 e. The van der Waals surface area contributed by atoms with Gasteiger partial charge in [-0.15, -0.1) is 0 Å². The van der Waals surface area contributed by atoms with E-state index < -0.39 is 6.09 Å². The van der Waals surface area contributed by atoms with Crippen LogP contribution in [0.4, 0.5) is 4.79 Å². The van der Waals surface area contributed by atoms with Crippen molar-refractivity contribution in [1.82, 2.24) is 15.5 Å². The lowest BCUT2D eigenvalue weighted by molar-refractivity contribution is -0.135. The minimum atomic E-state index is -0.892. The fraction of sp³-hybridized carbons (Fsp3) is 0.864. The van der Waals surface area contributed by atoms with Crippen LogP contribution >= 0.6 is 0 Å². The summed E-state index contributed by atoms with van der Waals surface area (Å²) in [5.41, 5.74) is 21.6. The fourth-order valence-corrected chi connectivity index (χ4v) is 3.33. The van der Waals surface area contributed by atoms with Crippen molar-refractivity contribution in [3.63, 3.8) is 0 Å². The van der Waals surface area contributed by atoms with Gasteiger partial charge in [-0.3, -0.25) is 9.59 Å². The minimum Gasteiger partial charge on any atom is -0.448 e. The molecule has 0 aromatic heterocycles. The molecule has 0 rings (SSSR count). The fourth-order valence-electron chi connectivity index (χ4n) is 3.33. The lowest BCUT2D eigenvalue weighted by Gasteiger charge is -2.24. The lowest BCUT2D eigenvalue weighted by Crippen LogP contribution is -2.48. The van der Waals surface area contributed by atoms with Gasteiger partial charge >= 0.3 is 6.09 Å². The molecule has 0 aliphatic carbocycles. The predicted molar refractivity (Wildman–Crippen MR) is 130 cm³/mol. The van der Waals surface area contributed by atoms with E-state index in [0.717, 1.165) is 70.9 Å². The van der Waals surface area contributed by atoms with Crippen LogP contribution in [0.3, 0.4) is 0 Å². The summed E-state index contributed by atoms with van der Waals surface area (Å²) >= 11 is 0. The van der Waals surface area contributed by atoms with Gasteiger partial charge in [-0.25, -0.2) is 4.79 Å². The third kappa shape index (κ3) is 19.2. The van der Waals surface area contributed by atoms with Crippen molar-refractivity contribution in [3.05, 3.63) is 0 Å². The molecule has 0 saturated heterocycles. The van der Waals surface area contributed by atoms with Crippen LogP contribution in [0, 0.1) is 0 Å². The van der Waals surface area contributed by atoms with Gasteiger partial charge in [-0.05, 0) is 64.7 Å². The van der Waals surface area contributed by atoms with E-state index in [1.807, 2.05) is 0 Å². The summed E-state index contributed by atoms with van der Waals surface area (Å²) in [7, 11) is 0. The van der Waals surface area contributed by atoms with E-state index in [1.54, 1.807) is 4.90 Å². The largest absolute Gasteiger partial charge is 0.448 e. The zero-order valence-electron chi connectivity index (χ0n) is 20.2. The number of ether oxygens (including phenoxy) is 1. The SMILES string of the molecule is NCCCCCCCNCC(=O)N(CCCCN)CC(=O)NC(CCCCN)COC(N)=O.